The number of hydrogen-bond donors (Lipinski definition) is 1. The van der Waals surface area contributed by atoms with Gasteiger partial charge in [-0.15, -0.1) is 11.3 Å². The number of carbonyl (C=O) groups is 1. The molecule has 2 nitrogen and oxygen atoms in total. The Balaban J connectivity index is 2.06. The van der Waals surface area contributed by atoms with E-state index < -0.39 is 0 Å². The molecule has 2 aromatic rings. The van der Waals surface area contributed by atoms with E-state index in [4.69, 9.17) is 5.73 Å². The summed E-state index contributed by atoms with van der Waals surface area (Å²) in [5.74, 6) is 0.170. The maximum atomic E-state index is 12.1. The topological polar surface area (TPSA) is 43.1 Å². The van der Waals surface area contributed by atoms with Crippen molar-refractivity contribution < 1.29 is 4.79 Å². The zero-order valence-electron chi connectivity index (χ0n) is 10.5. The number of ketones is 1. The molecule has 0 aliphatic rings. The maximum absolute atomic E-state index is 12.1. The van der Waals surface area contributed by atoms with Gasteiger partial charge in [-0.2, -0.15) is 0 Å². The molecular weight excluding hydrogens is 242 g/mol. The SMILES string of the molecule is CCc1ccc(CC(=O)c2ccc(CN)cc2)s1. The second kappa shape index (κ2) is 5.94. The van der Waals surface area contributed by atoms with E-state index in [1.165, 1.54) is 4.88 Å². The molecule has 0 saturated heterocycles. The smallest absolute Gasteiger partial charge is 0.168 e. The van der Waals surface area contributed by atoms with Gasteiger partial charge in [0.05, 0.1) is 0 Å². The van der Waals surface area contributed by atoms with Crippen LogP contribution in [0.4, 0.5) is 0 Å². The number of benzene rings is 1. The molecule has 18 heavy (non-hydrogen) atoms. The van der Waals surface area contributed by atoms with Crippen LogP contribution in [0.1, 0.15) is 32.6 Å². The summed E-state index contributed by atoms with van der Waals surface area (Å²) in [5, 5.41) is 0. The summed E-state index contributed by atoms with van der Waals surface area (Å²) in [6.07, 6.45) is 1.52. The average molecular weight is 259 g/mol. The van der Waals surface area contributed by atoms with Gasteiger partial charge in [0.25, 0.3) is 0 Å². The third-order valence-corrected chi connectivity index (χ3v) is 4.14. The largest absolute Gasteiger partial charge is 0.326 e. The molecule has 0 spiro atoms. The molecule has 94 valence electrons. The first kappa shape index (κ1) is 13.0. The van der Waals surface area contributed by atoms with Crippen LogP contribution in [0.25, 0.3) is 0 Å². The summed E-state index contributed by atoms with van der Waals surface area (Å²) in [5.41, 5.74) is 7.35. The van der Waals surface area contributed by atoms with E-state index in [2.05, 4.69) is 19.1 Å². The van der Waals surface area contributed by atoms with Gasteiger partial charge in [-0.05, 0) is 24.1 Å². The molecule has 3 heteroatoms. The van der Waals surface area contributed by atoms with Crippen molar-refractivity contribution >= 4 is 17.1 Å². The molecule has 0 bridgehead atoms. The third kappa shape index (κ3) is 3.06. The van der Waals surface area contributed by atoms with Gasteiger partial charge in [0, 0.05) is 28.3 Å². The minimum Gasteiger partial charge on any atom is -0.326 e. The fourth-order valence-electron chi connectivity index (χ4n) is 1.79. The molecule has 1 heterocycles. The fraction of sp³-hybridized carbons (Fsp3) is 0.267. The molecule has 0 amide bonds. The van der Waals surface area contributed by atoms with Crippen LogP contribution in [0.3, 0.4) is 0 Å². The van der Waals surface area contributed by atoms with Crippen LogP contribution in [0.15, 0.2) is 36.4 Å². The zero-order chi connectivity index (χ0) is 13.0. The van der Waals surface area contributed by atoms with E-state index in [1.54, 1.807) is 11.3 Å². The number of hydrogen-bond acceptors (Lipinski definition) is 3. The van der Waals surface area contributed by atoms with E-state index in [-0.39, 0.29) is 5.78 Å². The first-order valence-corrected chi connectivity index (χ1v) is 6.94. The van der Waals surface area contributed by atoms with Gasteiger partial charge in [-0.3, -0.25) is 4.79 Å². The minimum absolute atomic E-state index is 0.170. The number of Topliss-reactive ketones (excluding diaryl/α,β-unsaturated/α-hetero) is 1. The maximum Gasteiger partial charge on any atom is 0.168 e. The van der Waals surface area contributed by atoms with Crippen molar-refractivity contribution in [3.05, 3.63) is 57.3 Å². The van der Waals surface area contributed by atoms with Gasteiger partial charge in [-0.25, -0.2) is 0 Å². The predicted molar refractivity (Wildman–Crippen MR) is 76.1 cm³/mol. The lowest BCUT2D eigenvalue weighted by molar-refractivity contribution is 0.0994. The van der Waals surface area contributed by atoms with E-state index in [9.17, 15) is 4.79 Å². The second-order valence-electron chi connectivity index (χ2n) is 4.22. The van der Waals surface area contributed by atoms with E-state index in [1.807, 2.05) is 24.3 Å². The number of aryl methyl sites for hydroxylation is 1. The fourth-order valence-corrected chi connectivity index (χ4v) is 2.75. The molecule has 0 aliphatic heterocycles. The normalized spacial score (nSPS) is 10.6. The van der Waals surface area contributed by atoms with Crippen LogP contribution in [0, 0.1) is 0 Å². The first-order chi connectivity index (χ1) is 8.72. The van der Waals surface area contributed by atoms with Crippen LogP contribution < -0.4 is 5.73 Å². The Hall–Kier alpha value is -1.45. The summed E-state index contributed by atoms with van der Waals surface area (Å²) in [4.78, 5) is 14.6. The van der Waals surface area contributed by atoms with Crippen molar-refractivity contribution in [2.75, 3.05) is 0 Å². The van der Waals surface area contributed by atoms with Gasteiger partial charge in [0.2, 0.25) is 0 Å². The van der Waals surface area contributed by atoms with Crippen molar-refractivity contribution in [2.24, 2.45) is 5.73 Å². The van der Waals surface area contributed by atoms with E-state index in [0.29, 0.717) is 13.0 Å². The quantitative estimate of drug-likeness (QED) is 0.838. The molecule has 1 aromatic heterocycles. The van der Waals surface area contributed by atoms with Crippen LogP contribution >= 0.6 is 11.3 Å². The van der Waals surface area contributed by atoms with Crippen molar-refractivity contribution in [2.45, 2.75) is 26.3 Å². The molecule has 0 atom stereocenters. The van der Waals surface area contributed by atoms with Crippen LogP contribution in [0.2, 0.25) is 0 Å². The third-order valence-electron chi connectivity index (χ3n) is 2.91. The standard InChI is InChI=1S/C15H17NOS/c1-2-13-7-8-14(18-13)9-15(17)12-5-3-11(10-16)4-6-12/h3-8H,2,9-10,16H2,1H3. The second-order valence-corrected chi connectivity index (χ2v) is 5.48. The Morgan fingerprint density at radius 2 is 1.78 bits per heavy atom. The Morgan fingerprint density at radius 3 is 2.33 bits per heavy atom. The number of nitrogens with two attached hydrogens (primary N) is 1. The summed E-state index contributed by atoms with van der Waals surface area (Å²) >= 11 is 1.72. The van der Waals surface area contributed by atoms with E-state index in [0.717, 1.165) is 22.4 Å². The summed E-state index contributed by atoms with van der Waals surface area (Å²) in [6, 6.07) is 11.7. The summed E-state index contributed by atoms with van der Waals surface area (Å²) < 4.78 is 0. The Labute approximate surface area is 111 Å². The highest BCUT2D eigenvalue weighted by Gasteiger charge is 2.08. The van der Waals surface area contributed by atoms with Gasteiger partial charge in [-0.1, -0.05) is 31.2 Å². The van der Waals surface area contributed by atoms with Crippen molar-refractivity contribution in [1.29, 1.82) is 0 Å². The lowest BCUT2D eigenvalue weighted by atomic mass is 10.1. The molecule has 0 radical (unpaired) electrons. The highest BCUT2D eigenvalue weighted by Crippen LogP contribution is 2.19. The van der Waals surface area contributed by atoms with Gasteiger partial charge < -0.3 is 5.73 Å². The predicted octanol–water partition coefficient (Wildman–Crippen LogP) is 3.19. The molecule has 1 aromatic carbocycles. The highest BCUT2D eigenvalue weighted by atomic mass is 32.1. The van der Waals surface area contributed by atoms with Gasteiger partial charge in [0.1, 0.15) is 0 Å². The van der Waals surface area contributed by atoms with Crippen LogP contribution in [-0.2, 0) is 19.4 Å². The zero-order valence-corrected chi connectivity index (χ0v) is 11.3. The molecule has 0 saturated carbocycles. The minimum atomic E-state index is 0.170. The number of thiophene rings is 1. The van der Waals surface area contributed by atoms with Crippen LogP contribution in [0.5, 0.6) is 0 Å². The highest BCUT2D eigenvalue weighted by molar-refractivity contribution is 7.12. The van der Waals surface area contributed by atoms with Crippen molar-refractivity contribution in [1.82, 2.24) is 0 Å². The average Bonchev–Trinajstić information content (AvgIpc) is 2.86. The Bertz CT molecular complexity index is 528. The van der Waals surface area contributed by atoms with Crippen molar-refractivity contribution in [3.63, 3.8) is 0 Å². The summed E-state index contributed by atoms with van der Waals surface area (Å²) in [7, 11) is 0. The Kier molecular flexibility index (Phi) is 4.28. The first-order valence-electron chi connectivity index (χ1n) is 6.12. The lowest BCUT2D eigenvalue weighted by Crippen LogP contribution is -2.03. The molecular formula is C15H17NOS. The molecule has 0 unspecified atom stereocenters. The molecule has 0 fully saturated rings. The molecule has 0 aliphatic carbocycles. The van der Waals surface area contributed by atoms with E-state index >= 15 is 0 Å². The number of rotatable bonds is 5. The van der Waals surface area contributed by atoms with Gasteiger partial charge >= 0.3 is 0 Å². The molecule has 2 N–H and O–H groups in total. The molecule has 2 rings (SSSR count). The summed E-state index contributed by atoms with van der Waals surface area (Å²) in [6.45, 7) is 2.64. The lowest BCUT2D eigenvalue weighted by Gasteiger charge is -2.01. The monoisotopic (exact) mass is 259 g/mol. The van der Waals surface area contributed by atoms with Crippen molar-refractivity contribution in [3.8, 4) is 0 Å². The Morgan fingerprint density at radius 1 is 1.11 bits per heavy atom. The number of carbonyl (C=O) groups excluding carboxylic acids is 1. The van der Waals surface area contributed by atoms with Crippen LogP contribution in [-0.4, -0.2) is 5.78 Å². The van der Waals surface area contributed by atoms with Gasteiger partial charge in [0.15, 0.2) is 5.78 Å².